The van der Waals surface area contributed by atoms with Crippen LogP contribution in [0.25, 0.3) is 59.0 Å². The molecule has 17 nitrogen and oxygen atoms in total. The lowest BCUT2D eigenvalue weighted by Crippen LogP contribution is -2.51. The predicted molar refractivity (Wildman–Crippen MR) is 307 cm³/mol. The van der Waals surface area contributed by atoms with Crippen molar-refractivity contribution in [2.45, 2.75) is 75.8 Å². The number of hydrogen-bond donors (Lipinski definition) is 3. The monoisotopic (exact) mass is 1110 g/mol. The number of halogens is 3. The maximum Gasteiger partial charge on any atom is 0.319 e. The molecular weight excluding hydrogens is 1060 g/mol. The van der Waals surface area contributed by atoms with Gasteiger partial charge in [0.25, 0.3) is 5.91 Å². The Labute approximate surface area is 467 Å². The van der Waals surface area contributed by atoms with Crippen molar-refractivity contribution in [3.63, 3.8) is 0 Å². The number of anilines is 2. The third kappa shape index (κ3) is 9.66. The molecule has 5 fully saturated rings. The molecule has 0 aliphatic carbocycles. The first kappa shape index (κ1) is 52.3. The molecule has 6 aromatic heterocycles. The minimum atomic E-state index is -0.913. The van der Waals surface area contributed by atoms with E-state index in [0.717, 1.165) is 86.6 Å². The van der Waals surface area contributed by atoms with E-state index >= 15 is 4.39 Å². The number of likely N-dealkylation sites (N-methyl/N-ethyl adjacent to an activating group) is 1. The number of pyridine rings is 3. The second kappa shape index (κ2) is 21.1. The molecule has 414 valence electrons. The van der Waals surface area contributed by atoms with Gasteiger partial charge in [0.05, 0.1) is 56.2 Å². The van der Waals surface area contributed by atoms with Gasteiger partial charge >= 0.3 is 6.01 Å². The topological polar surface area (TPSA) is 182 Å². The highest BCUT2D eigenvalue weighted by molar-refractivity contribution is 7.24. The third-order valence-corrected chi connectivity index (χ3v) is 17.8. The number of nitrogens with zero attached hydrogens (tertiary/aromatic N) is 11. The van der Waals surface area contributed by atoms with E-state index in [1.54, 1.807) is 12.4 Å². The third-order valence-electron chi connectivity index (χ3n) is 16.7. The molecule has 2 bridgehead atoms. The molecule has 4 atom stereocenters. The quantitative estimate of drug-likeness (QED) is 0.118. The van der Waals surface area contributed by atoms with E-state index in [1.165, 1.54) is 41.8 Å². The molecule has 5 saturated heterocycles. The molecule has 9 aromatic rings. The number of nitrogens with one attached hydrogen (secondary N) is 2. The molecule has 81 heavy (non-hydrogen) atoms. The van der Waals surface area contributed by atoms with E-state index in [2.05, 4.69) is 63.1 Å². The zero-order valence-corrected chi connectivity index (χ0v) is 45.6. The number of piperazine rings is 1. The van der Waals surface area contributed by atoms with Crippen LogP contribution in [0.1, 0.15) is 65.8 Å². The summed E-state index contributed by atoms with van der Waals surface area (Å²) in [7, 11) is 2.13. The summed E-state index contributed by atoms with van der Waals surface area (Å²) < 4.78 is 55.1. The van der Waals surface area contributed by atoms with E-state index < -0.39 is 29.3 Å². The van der Waals surface area contributed by atoms with Crippen LogP contribution in [0.3, 0.4) is 0 Å². The number of phenols is 1. The largest absolute Gasteiger partial charge is 0.508 e. The zero-order valence-electron chi connectivity index (χ0n) is 44.8. The smallest absolute Gasteiger partial charge is 0.319 e. The summed E-state index contributed by atoms with van der Waals surface area (Å²) in [6.07, 6.45) is 14.9. The van der Waals surface area contributed by atoms with Gasteiger partial charge < -0.3 is 35.2 Å². The molecule has 0 radical (unpaired) electrons. The van der Waals surface area contributed by atoms with Crippen molar-refractivity contribution in [3.05, 3.63) is 124 Å². The Balaban J connectivity index is 0.000000155. The second-order valence-electron chi connectivity index (χ2n) is 22.0. The number of carbonyl (C=O) groups is 1. The summed E-state index contributed by atoms with van der Waals surface area (Å²) in [5.41, 5.74) is 2.27. The standard InChI is InChI=1S/C33H31F3N6O2.C27H27N7O2S/c1-2-23-26(35)7-4-18-10-22(43)11-24(27(18)23)29-28(36)30-25(13-37-29)31(41-15-20-5-6-21(16-41)38-20)40-32(39-30)44-17-33-8-3-9-42(33)14-19(34)12-33;1-17-14-29-18(15-28-17)16-30-26(36)23-24(35)19-8-9-22(33-11-5-10-32(2)12-13-33)31-25(19)34-20-6-3-4-7-21(20)37-27(23)34/h1,4,7,10-11,13,19-21,38,43H,3,5-6,8-9,12,14-17H2;3-4,6-9,14-15H,5,10-13,16H2,1-2H3,(H,30,36). The van der Waals surface area contributed by atoms with Gasteiger partial charge in [-0.3, -0.25) is 33.8 Å². The van der Waals surface area contributed by atoms with Gasteiger partial charge in [0.15, 0.2) is 11.5 Å². The first-order valence-corrected chi connectivity index (χ1v) is 28.3. The summed E-state index contributed by atoms with van der Waals surface area (Å²) in [6, 6.07) is 17.7. The maximum absolute atomic E-state index is 16.7. The number of hydrogen-bond acceptors (Lipinski definition) is 16. The van der Waals surface area contributed by atoms with Gasteiger partial charge in [-0.15, -0.1) is 17.8 Å². The number of phenolic OH excluding ortho intramolecular Hbond substituents is 1. The van der Waals surface area contributed by atoms with Gasteiger partial charge in [-0.1, -0.05) is 24.1 Å². The summed E-state index contributed by atoms with van der Waals surface area (Å²) in [4.78, 5) is 64.0. The van der Waals surface area contributed by atoms with Crippen molar-refractivity contribution in [1.82, 2.24) is 54.7 Å². The van der Waals surface area contributed by atoms with Crippen LogP contribution in [-0.2, 0) is 6.54 Å². The fourth-order valence-electron chi connectivity index (χ4n) is 12.7. The minimum absolute atomic E-state index is 0.00778. The fraction of sp³-hybridized carbons (Fsp3) is 0.367. The van der Waals surface area contributed by atoms with Crippen LogP contribution in [0.4, 0.5) is 24.8 Å². The van der Waals surface area contributed by atoms with E-state index in [4.69, 9.17) is 21.1 Å². The van der Waals surface area contributed by atoms with Crippen LogP contribution < -0.4 is 30.6 Å². The molecule has 0 spiro atoms. The maximum atomic E-state index is 16.7. The Morgan fingerprint density at radius 1 is 0.926 bits per heavy atom. The van der Waals surface area contributed by atoms with Crippen LogP contribution in [0.5, 0.6) is 11.8 Å². The second-order valence-corrected chi connectivity index (χ2v) is 23.0. The zero-order chi connectivity index (χ0) is 55.7. The lowest BCUT2D eigenvalue weighted by molar-refractivity contribution is 0.0951. The van der Waals surface area contributed by atoms with E-state index in [0.29, 0.717) is 76.3 Å². The van der Waals surface area contributed by atoms with Gasteiger partial charge in [-0.2, -0.15) is 9.97 Å². The van der Waals surface area contributed by atoms with Crippen molar-refractivity contribution in [1.29, 1.82) is 0 Å². The molecule has 3 aromatic carbocycles. The SMILES string of the molecule is C#Cc1c(F)ccc2cc(O)cc(-c3ncc4c(N5CC6CCC(C5)N6)nc(OCC56CCCN5CC(F)C6)nc4c3F)c12.Cc1cnc(CNC(=O)c2c(=O)c3ccc(N4CCCN(C)CC4)nc3n3c2sc2ccccc23)cn1. The highest BCUT2D eigenvalue weighted by atomic mass is 32.1. The lowest BCUT2D eigenvalue weighted by atomic mass is 9.95. The molecule has 5 aliphatic rings. The molecular formula is C60H58F3N13O4S. The lowest BCUT2D eigenvalue weighted by Gasteiger charge is -2.34. The van der Waals surface area contributed by atoms with Crippen molar-refractivity contribution in [3.8, 4) is 35.4 Å². The number of benzene rings is 3. The number of rotatable bonds is 9. The van der Waals surface area contributed by atoms with Crippen LogP contribution in [0.2, 0.25) is 0 Å². The number of aromatic hydroxyl groups is 1. The van der Waals surface area contributed by atoms with Crippen LogP contribution >= 0.6 is 11.3 Å². The van der Waals surface area contributed by atoms with Gasteiger partial charge in [-0.25, -0.2) is 18.2 Å². The van der Waals surface area contributed by atoms with Crippen molar-refractivity contribution < 1.29 is 27.8 Å². The Kier molecular flexibility index (Phi) is 13.7. The number of aromatic nitrogens is 7. The molecule has 3 N–H and O–H groups in total. The van der Waals surface area contributed by atoms with Gasteiger partial charge in [0, 0.05) is 81.1 Å². The number of para-hydroxylation sites is 1. The first-order valence-electron chi connectivity index (χ1n) is 27.5. The highest BCUT2D eigenvalue weighted by Crippen LogP contribution is 2.42. The number of ether oxygens (including phenoxy) is 1. The van der Waals surface area contributed by atoms with Crippen molar-refractivity contribution in [2.24, 2.45) is 0 Å². The predicted octanol–water partition coefficient (Wildman–Crippen LogP) is 7.94. The molecule has 5 aliphatic heterocycles. The summed E-state index contributed by atoms with van der Waals surface area (Å²) in [5.74, 6) is 1.76. The minimum Gasteiger partial charge on any atom is -0.508 e. The molecule has 0 saturated carbocycles. The van der Waals surface area contributed by atoms with Gasteiger partial charge in [0.2, 0.25) is 5.43 Å². The molecule has 14 rings (SSSR count). The molecule has 1 amide bonds. The Bertz CT molecular complexity index is 4070. The van der Waals surface area contributed by atoms with E-state index in [9.17, 15) is 23.5 Å². The molecule has 4 unspecified atom stereocenters. The number of aryl methyl sites for hydroxylation is 1. The summed E-state index contributed by atoms with van der Waals surface area (Å²) >= 11 is 1.43. The van der Waals surface area contributed by atoms with Crippen molar-refractivity contribution >= 4 is 76.6 Å². The Morgan fingerprint density at radius 2 is 1.77 bits per heavy atom. The number of amides is 1. The van der Waals surface area contributed by atoms with Crippen LogP contribution in [0, 0.1) is 30.9 Å². The van der Waals surface area contributed by atoms with Crippen LogP contribution in [-0.4, -0.2) is 145 Å². The van der Waals surface area contributed by atoms with E-state index in [1.807, 2.05) is 47.7 Å². The Hall–Kier alpha value is -8.03. The van der Waals surface area contributed by atoms with Crippen molar-refractivity contribution in [2.75, 3.05) is 75.8 Å². The van der Waals surface area contributed by atoms with Crippen LogP contribution in [0.15, 0.2) is 84.0 Å². The fourth-order valence-corrected chi connectivity index (χ4v) is 13.9. The summed E-state index contributed by atoms with van der Waals surface area (Å²) in [6.45, 7) is 8.62. The number of terminal acetylenes is 1. The van der Waals surface area contributed by atoms with Gasteiger partial charge in [0.1, 0.15) is 57.6 Å². The molecule has 11 heterocycles. The van der Waals surface area contributed by atoms with E-state index in [-0.39, 0.29) is 63.6 Å². The highest BCUT2D eigenvalue weighted by Gasteiger charge is 2.49. The number of fused-ring (bicyclic) bond motifs is 10. The Morgan fingerprint density at radius 3 is 2.58 bits per heavy atom. The average molecular weight is 1110 g/mol. The number of carbonyl (C=O) groups excluding carboxylic acids is 1. The van der Waals surface area contributed by atoms with Gasteiger partial charge in [-0.05, 0) is 107 Å². The number of alkyl halides is 1. The molecule has 21 heteroatoms. The average Bonchev–Trinajstić information content (AvgIpc) is 4.40. The normalized spacial score (nSPS) is 21.2. The first-order chi connectivity index (χ1) is 39.3. The summed E-state index contributed by atoms with van der Waals surface area (Å²) in [5, 5.41) is 18.5. The number of thiazole rings is 1.